The van der Waals surface area contributed by atoms with Gasteiger partial charge < -0.3 is 14.2 Å². The zero-order valence-corrected chi connectivity index (χ0v) is 14.5. The molecule has 0 saturated heterocycles. The Labute approximate surface area is 146 Å². The highest BCUT2D eigenvalue weighted by atomic mass is 16.6. The molecule has 0 heterocycles. The van der Waals surface area contributed by atoms with Gasteiger partial charge in [0.15, 0.2) is 17.2 Å². The number of hydrogen-bond donors (Lipinski definition) is 0. The van der Waals surface area contributed by atoms with Crippen LogP contribution >= 0.6 is 0 Å². The number of aryl methyl sites for hydroxylation is 1. The van der Waals surface area contributed by atoms with Crippen LogP contribution in [-0.2, 0) is 0 Å². The van der Waals surface area contributed by atoms with Gasteiger partial charge in [-0.05, 0) is 43.2 Å². The van der Waals surface area contributed by atoms with E-state index in [2.05, 4.69) is 0 Å². The van der Waals surface area contributed by atoms with Gasteiger partial charge in [0.25, 0.3) is 0 Å². The van der Waals surface area contributed by atoms with Gasteiger partial charge in [0.05, 0.1) is 12.0 Å². The van der Waals surface area contributed by atoms with Crippen LogP contribution in [0.1, 0.15) is 18.1 Å². The molecule has 2 rings (SSSR count). The van der Waals surface area contributed by atoms with Gasteiger partial charge in [-0.25, -0.2) is 0 Å². The molecule has 0 aromatic heterocycles. The van der Waals surface area contributed by atoms with Crippen molar-refractivity contribution < 1.29 is 19.1 Å². The van der Waals surface area contributed by atoms with Crippen molar-refractivity contribution in [3.8, 4) is 17.2 Å². The Bertz CT molecular complexity index is 770. The van der Waals surface area contributed by atoms with Crippen LogP contribution in [0.2, 0.25) is 0 Å². The van der Waals surface area contributed by atoms with Crippen LogP contribution in [-0.4, -0.2) is 25.2 Å². The molecule has 132 valence electrons. The minimum Gasteiger partial charge on any atom is -0.493 e. The molecule has 2 aromatic carbocycles. The Morgan fingerprint density at radius 3 is 2.36 bits per heavy atom. The van der Waals surface area contributed by atoms with Gasteiger partial charge in [-0.2, -0.15) is 0 Å². The molecule has 2 aromatic rings. The number of hydrogen-bond acceptors (Lipinski definition) is 5. The Morgan fingerprint density at radius 2 is 1.72 bits per heavy atom. The van der Waals surface area contributed by atoms with Crippen LogP contribution in [0.3, 0.4) is 0 Å². The minimum atomic E-state index is -0.452. The smallest absolute Gasteiger partial charge is 0.311 e. The lowest BCUT2D eigenvalue weighted by atomic mass is 10.2. The fraction of sp³-hybridized carbons (Fsp3) is 0.263. The lowest BCUT2D eigenvalue weighted by Crippen LogP contribution is -2.10. The maximum atomic E-state index is 11.1. The van der Waals surface area contributed by atoms with E-state index < -0.39 is 4.92 Å². The van der Waals surface area contributed by atoms with Crippen LogP contribution in [0.4, 0.5) is 5.69 Å². The average molecular weight is 343 g/mol. The largest absolute Gasteiger partial charge is 0.493 e. The van der Waals surface area contributed by atoms with Gasteiger partial charge >= 0.3 is 5.69 Å². The van der Waals surface area contributed by atoms with E-state index in [1.807, 2.05) is 37.3 Å². The van der Waals surface area contributed by atoms with E-state index in [1.165, 1.54) is 6.07 Å². The number of nitrogens with zero attached hydrogens (tertiary/aromatic N) is 1. The van der Waals surface area contributed by atoms with E-state index in [-0.39, 0.29) is 24.7 Å². The predicted molar refractivity (Wildman–Crippen MR) is 96.5 cm³/mol. The average Bonchev–Trinajstić information content (AvgIpc) is 2.60. The first-order valence-corrected chi connectivity index (χ1v) is 7.86. The second-order valence-corrected chi connectivity index (χ2v) is 5.34. The summed E-state index contributed by atoms with van der Waals surface area (Å²) in [5.41, 5.74) is 1.77. The molecule has 6 nitrogen and oxygen atoms in total. The van der Waals surface area contributed by atoms with Gasteiger partial charge in [0, 0.05) is 6.07 Å². The molecule has 0 bridgehead atoms. The maximum absolute atomic E-state index is 11.1. The zero-order chi connectivity index (χ0) is 18.2. The fourth-order valence-electron chi connectivity index (χ4n) is 2.29. The third-order valence-corrected chi connectivity index (χ3v) is 3.46. The summed E-state index contributed by atoms with van der Waals surface area (Å²) in [5, 5.41) is 11.1. The van der Waals surface area contributed by atoms with Crippen molar-refractivity contribution in [2.24, 2.45) is 0 Å². The minimum absolute atomic E-state index is 0.0479. The van der Waals surface area contributed by atoms with Gasteiger partial charge in [-0.1, -0.05) is 24.3 Å². The standard InChI is InChI=1S/C19H21NO5/c1-4-5-15-7-9-18(19(13-15)23-3)25-11-10-24-17-8-6-14(2)12-16(17)20(21)22/h4-9,12-13H,10-11H2,1-3H3/b5-4+. The second-order valence-electron chi connectivity index (χ2n) is 5.34. The molecule has 0 atom stereocenters. The van der Waals surface area contributed by atoms with Gasteiger partial charge in [-0.3, -0.25) is 10.1 Å². The van der Waals surface area contributed by atoms with Crippen molar-refractivity contribution in [3.63, 3.8) is 0 Å². The number of benzene rings is 2. The van der Waals surface area contributed by atoms with E-state index in [9.17, 15) is 10.1 Å². The summed E-state index contributed by atoms with van der Waals surface area (Å²) in [4.78, 5) is 10.6. The SMILES string of the molecule is C/C=C/c1ccc(OCCOc2ccc(C)cc2[N+](=O)[O-])c(OC)c1. The first-order valence-electron chi connectivity index (χ1n) is 7.86. The molecule has 0 saturated carbocycles. The molecule has 0 amide bonds. The summed E-state index contributed by atoms with van der Waals surface area (Å²) in [5.74, 6) is 1.45. The molecule has 25 heavy (non-hydrogen) atoms. The molecule has 0 N–H and O–H groups in total. The molecule has 0 aliphatic carbocycles. The van der Waals surface area contributed by atoms with Crippen LogP contribution in [0.25, 0.3) is 6.08 Å². The normalized spacial score (nSPS) is 10.7. The van der Waals surface area contributed by atoms with E-state index >= 15 is 0 Å². The van der Waals surface area contributed by atoms with E-state index in [0.717, 1.165) is 11.1 Å². The molecule has 6 heteroatoms. The van der Waals surface area contributed by atoms with Gasteiger partial charge in [0.2, 0.25) is 0 Å². The molecule has 0 radical (unpaired) electrons. The van der Waals surface area contributed by atoms with Crippen LogP contribution in [0.15, 0.2) is 42.5 Å². The number of ether oxygens (including phenoxy) is 3. The molecule has 0 unspecified atom stereocenters. The van der Waals surface area contributed by atoms with Crippen LogP contribution < -0.4 is 14.2 Å². The van der Waals surface area contributed by atoms with Crippen molar-refractivity contribution in [2.75, 3.05) is 20.3 Å². The Balaban J connectivity index is 1.97. The van der Waals surface area contributed by atoms with Gasteiger partial charge in [-0.15, -0.1) is 0 Å². The summed E-state index contributed by atoms with van der Waals surface area (Å²) >= 11 is 0. The first kappa shape index (κ1) is 18.3. The Morgan fingerprint density at radius 1 is 1.04 bits per heavy atom. The van der Waals surface area contributed by atoms with E-state index in [0.29, 0.717) is 11.5 Å². The monoisotopic (exact) mass is 343 g/mol. The number of allylic oxidation sites excluding steroid dienone is 1. The summed E-state index contributed by atoms with van der Waals surface area (Å²) in [6.07, 6.45) is 3.91. The Hall–Kier alpha value is -3.02. The Kier molecular flexibility index (Phi) is 6.39. The van der Waals surface area contributed by atoms with E-state index in [1.54, 1.807) is 26.2 Å². The summed E-state index contributed by atoms with van der Waals surface area (Å²) in [6, 6.07) is 10.5. The molecular formula is C19H21NO5. The molecule has 0 fully saturated rings. The third kappa shape index (κ3) is 4.97. The molecule has 0 aliphatic heterocycles. The lowest BCUT2D eigenvalue weighted by molar-refractivity contribution is -0.385. The molecular weight excluding hydrogens is 322 g/mol. The van der Waals surface area contributed by atoms with Crippen molar-refractivity contribution in [3.05, 3.63) is 63.7 Å². The number of methoxy groups -OCH3 is 1. The van der Waals surface area contributed by atoms with Crippen molar-refractivity contribution >= 4 is 11.8 Å². The van der Waals surface area contributed by atoms with Crippen molar-refractivity contribution in [2.45, 2.75) is 13.8 Å². The number of rotatable bonds is 8. The summed E-state index contributed by atoms with van der Waals surface area (Å²) in [7, 11) is 1.58. The highest BCUT2D eigenvalue weighted by Gasteiger charge is 2.15. The van der Waals surface area contributed by atoms with Gasteiger partial charge in [0.1, 0.15) is 13.2 Å². The maximum Gasteiger partial charge on any atom is 0.311 e. The molecule has 0 aliphatic rings. The number of nitro benzene ring substituents is 1. The zero-order valence-electron chi connectivity index (χ0n) is 14.5. The predicted octanol–water partition coefficient (Wildman–Crippen LogP) is 4.40. The van der Waals surface area contributed by atoms with Crippen LogP contribution in [0.5, 0.6) is 17.2 Å². The first-order chi connectivity index (χ1) is 12.0. The summed E-state index contributed by atoms with van der Waals surface area (Å²) in [6.45, 7) is 4.16. The summed E-state index contributed by atoms with van der Waals surface area (Å²) < 4.78 is 16.5. The highest BCUT2D eigenvalue weighted by molar-refractivity contribution is 5.55. The lowest BCUT2D eigenvalue weighted by Gasteiger charge is -2.12. The van der Waals surface area contributed by atoms with Crippen molar-refractivity contribution in [1.82, 2.24) is 0 Å². The quantitative estimate of drug-likeness (QED) is 0.403. The number of nitro groups is 1. The highest BCUT2D eigenvalue weighted by Crippen LogP contribution is 2.29. The van der Waals surface area contributed by atoms with Crippen LogP contribution in [0, 0.1) is 17.0 Å². The van der Waals surface area contributed by atoms with Crippen molar-refractivity contribution in [1.29, 1.82) is 0 Å². The second kappa shape index (κ2) is 8.73. The third-order valence-electron chi connectivity index (χ3n) is 3.46. The van der Waals surface area contributed by atoms with E-state index in [4.69, 9.17) is 14.2 Å². The molecule has 0 spiro atoms. The fourth-order valence-corrected chi connectivity index (χ4v) is 2.29. The topological polar surface area (TPSA) is 70.8 Å².